The third-order valence-electron chi connectivity index (χ3n) is 2.16. The number of imidazole rings is 1. The van der Waals surface area contributed by atoms with Crippen LogP contribution in [0.5, 0.6) is 0 Å². The molecule has 0 aliphatic carbocycles. The summed E-state index contributed by atoms with van der Waals surface area (Å²) in [4.78, 5) is 12.3. The minimum Gasteiger partial charge on any atom is -0.274 e. The van der Waals surface area contributed by atoms with E-state index >= 15 is 0 Å². The van der Waals surface area contributed by atoms with Crippen LogP contribution in [0, 0.1) is 0 Å². The third kappa shape index (κ3) is 1.18. The van der Waals surface area contributed by atoms with Gasteiger partial charge in [0.1, 0.15) is 18.2 Å². The van der Waals surface area contributed by atoms with Crippen LogP contribution >= 0.6 is 0 Å². The Balaban J connectivity index is 2.27. The highest BCUT2D eigenvalue weighted by molar-refractivity contribution is 5.70. The molecule has 0 bridgehead atoms. The van der Waals surface area contributed by atoms with E-state index in [-0.39, 0.29) is 0 Å². The summed E-state index contributed by atoms with van der Waals surface area (Å²) in [7, 11) is 1.87. The van der Waals surface area contributed by atoms with Crippen molar-refractivity contribution in [3.8, 4) is 5.82 Å². The summed E-state index contributed by atoms with van der Waals surface area (Å²) in [6.45, 7) is 0. The highest BCUT2D eigenvalue weighted by atomic mass is 15.3. The van der Waals surface area contributed by atoms with Gasteiger partial charge in [-0.05, 0) is 0 Å². The molecule has 0 unspecified atom stereocenters. The van der Waals surface area contributed by atoms with Crippen LogP contribution in [0.25, 0.3) is 17.0 Å². The van der Waals surface area contributed by atoms with Gasteiger partial charge in [-0.25, -0.2) is 15.0 Å². The molecule has 3 aromatic heterocycles. The molecule has 15 heavy (non-hydrogen) atoms. The van der Waals surface area contributed by atoms with Gasteiger partial charge < -0.3 is 0 Å². The van der Waals surface area contributed by atoms with Gasteiger partial charge in [0.05, 0.1) is 6.20 Å². The Morgan fingerprint density at radius 3 is 3.00 bits per heavy atom. The maximum absolute atomic E-state index is 4.28. The Morgan fingerprint density at radius 1 is 1.27 bits per heavy atom. The summed E-state index contributed by atoms with van der Waals surface area (Å²) in [6, 6.07) is 1.91. The van der Waals surface area contributed by atoms with Crippen LogP contribution in [0.15, 0.2) is 31.1 Å². The number of hydrogen-bond acceptors (Lipinski definition) is 4. The van der Waals surface area contributed by atoms with E-state index in [4.69, 9.17) is 0 Å². The normalized spacial score (nSPS) is 11.0. The van der Waals surface area contributed by atoms with E-state index in [0.717, 1.165) is 17.0 Å². The number of hydrogen-bond donors (Lipinski definition) is 0. The molecule has 0 amide bonds. The number of aryl methyl sites for hydroxylation is 1. The fraction of sp³-hybridized carbons (Fsp3) is 0.111. The number of nitrogens with zero attached hydrogens (tertiary/aromatic N) is 6. The molecule has 3 rings (SSSR count). The van der Waals surface area contributed by atoms with Crippen molar-refractivity contribution in [2.45, 2.75) is 0 Å². The van der Waals surface area contributed by atoms with Crippen LogP contribution in [0.4, 0.5) is 0 Å². The van der Waals surface area contributed by atoms with Crippen molar-refractivity contribution in [1.82, 2.24) is 29.3 Å². The summed E-state index contributed by atoms with van der Waals surface area (Å²) in [6.07, 6.45) is 6.76. The Labute approximate surface area is 85.2 Å². The van der Waals surface area contributed by atoms with Gasteiger partial charge in [-0.15, -0.1) is 0 Å². The van der Waals surface area contributed by atoms with Crippen LogP contribution in [0.2, 0.25) is 0 Å². The summed E-state index contributed by atoms with van der Waals surface area (Å²) in [5.74, 6) is 0.804. The molecule has 0 saturated carbocycles. The molecular weight excluding hydrogens is 192 g/mol. The first-order valence-electron chi connectivity index (χ1n) is 4.48. The SMILES string of the molecule is Cn1ccc(-n2cnc3cncnc32)n1. The number of aromatic nitrogens is 6. The Hall–Kier alpha value is -2.24. The lowest BCUT2D eigenvalue weighted by molar-refractivity contribution is 0.752. The summed E-state index contributed by atoms with van der Waals surface area (Å²) in [5.41, 5.74) is 1.53. The molecule has 0 atom stereocenters. The lowest BCUT2D eigenvalue weighted by atomic mass is 10.5. The molecule has 0 radical (unpaired) electrons. The van der Waals surface area contributed by atoms with Gasteiger partial charge in [0.2, 0.25) is 0 Å². The van der Waals surface area contributed by atoms with Crippen LogP contribution in [-0.4, -0.2) is 29.3 Å². The highest BCUT2D eigenvalue weighted by Crippen LogP contribution is 2.12. The van der Waals surface area contributed by atoms with E-state index < -0.39 is 0 Å². The first-order valence-corrected chi connectivity index (χ1v) is 4.48. The second kappa shape index (κ2) is 2.88. The average molecular weight is 200 g/mol. The maximum atomic E-state index is 4.28. The fourth-order valence-corrected chi connectivity index (χ4v) is 1.47. The van der Waals surface area contributed by atoms with Crippen molar-refractivity contribution >= 4 is 11.2 Å². The topological polar surface area (TPSA) is 61.4 Å². The minimum atomic E-state index is 0.767. The average Bonchev–Trinajstić information content (AvgIpc) is 2.83. The summed E-state index contributed by atoms with van der Waals surface area (Å²) < 4.78 is 3.57. The van der Waals surface area contributed by atoms with Gasteiger partial charge in [-0.1, -0.05) is 0 Å². The second-order valence-corrected chi connectivity index (χ2v) is 3.19. The fourth-order valence-electron chi connectivity index (χ4n) is 1.47. The molecule has 0 aliphatic heterocycles. The predicted octanol–water partition coefficient (Wildman–Crippen LogP) is 0.549. The Morgan fingerprint density at radius 2 is 2.20 bits per heavy atom. The molecule has 0 aromatic carbocycles. The van der Waals surface area contributed by atoms with E-state index in [1.807, 2.05) is 23.9 Å². The molecule has 6 nitrogen and oxygen atoms in total. The summed E-state index contributed by atoms with van der Waals surface area (Å²) >= 11 is 0. The molecule has 6 heteroatoms. The van der Waals surface area contributed by atoms with Gasteiger partial charge in [0, 0.05) is 19.3 Å². The molecule has 3 aromatic rings. The first kappa shape index (κ1) is 8.10. The third-order valence-corrected chi connectivity index (χ3v) is 2.16. The first-order chi connectivity index (χ1) is 7.34. The monoisotopic (exact) mass is 200 g/mol. The minimum absolute atomic E-state index is 0.767. The summed E-state index contributed by atoms with van der Waals surface area (Å²) in [5, 5.41) is 4.28. The lowest BCUT2D eigenvalue weighted by Gasteiger charge is -1.96. The molecule has 0 fully saturated rings. The molecular formula is C9H8N6. The van der Waals surface area contributed by atoms with Crippen molar-refractivity contribution in [2.24, 2.45) is 7.05 Å². The largest absolute Gasteiger partial charge is 0.274 e. The zero-order chi connectivity index (χ0) is 10.3. The lowest BCUT2D eigenvalue weighted by Crippen LogP contribution is -1.96. The number of fused-ring (bicyclic) bond motifs is 1. The van der Waals surface area contributed by atoms with E-state index in [9.17, 15) is 0 Å². The van der Waals surface area contributed by atoms with Crippen LogP contribution in [0.1, 0.15) is 0 Å². The number of rotatable bonds is 1. The maximum Gasteiger partial charge on any atom is 0.169 e. The van der Waals surface area contributed by atoms with E-state index in [1.165, 1.54) is 6.33 Å². The van der Waals surface area contributed by atoms with E-state index in [0.29, 0.717) is 0 Å². The van der Waals surface area contributed by atoms with Gasteiger partial charge in [0.15, 0.2) is 11.5 Å². The van der Waals surface area contributed by atoms with Crippen molar-refractivity contribution in [3.05, 3.63) is 31.1 Å². The molecule has 0 saturated heterocycles. The standard InChI is InChI=1S/C9H8N6/c1-14-3-2-8(13-14)15-6-12-7-4-10-5-11-9(7)15/h2-6H,1H3. The van der Waals surface area contributed by atoms with E-state index in [1.54, 1.807) is 17.2 Å². The highest BCUT2D eigenvalue weighted by Gasteiger charge is 2.06. The van der Waals surface area contributed by atoms with Crippen LogP contribution in [0.3, 0.4) is 0 Å². The molecule has 3 heterocycles. The van der Waals surface area contributed by atoms with Crippen molar-refractivity contribution in [3.63, 3.8) is 0 Å². The van der Waals surface area contributed by atoms with Gasteiger partial charge >= 0.3 is 0 Å². The van der Waals surface area contributed by atoms with Crippen molar-refractivity contribution in [2.75, 3.05) is 0 Å². The zero-order valence-corrected chi connectivity index (χ0v) is 8.07. The molecule has 0 aliphatic rings. The van der Waals surface area contributed by atoms with Crippen LogP contribution in [-0.2, 0) is 7.05 Å². The smallest absolute Gasteiger partial charge is 0.169 e. The van der Waals surface area contributed by atoms with Gasteiger partial charge in [0.25, 0.3) is 0 Å². The Kier molecular flexibility index (Phi) is 1.55. The predicted molar refractivity (Wildman–Crippen MR) is 53.4 cm³/mol. The second-order valence-electron chi connectivity index (χ2n) is 3.19. The quantitative estimate of drug-likeness (QED) is 0.575. The van der Waals surface area contributed by atoms with Crippen molar-refractivity contribution in [1.29, 1.82) is 0 Å². The molecule has 74 valence electrons. The Bertz CT molecular complexity index is 608. The zero-order valence-electron chi connectivity index (χ0n) is 8.07. The van der Waals surface area contributed by atoms with Gasteiger partial charge in [-0.2, -0.15) is 5.10 Å². The van der Waals surface area contributed by atoms with Gasteiger partial charge in [-0.3, -0.25) is 9.25 Å². The van der Waals surface area contributed by atoms with Crippen molar-refractivity contribution < 1.29 is 0 Å². The van der Waals surface area contributed by atoms with E-state index in [2.05, 4.69) is 20.1 Å². The van der Waals surface area contributed by atoms with Crippen LogP contribution < -0.4 is 0 Å². The molecule has 0 spiro atoms. The molecule has 0 N–H and O–H groups in total.